The maximum absolute atomic E-state index is 4.12. The fraction of sp³-hybridized carbons (Fsp3) is 0.643. The maximum Gasteiger partial charge on any atom is 0.0352 e. The van der Waals surface area contributed by atoms with Crippen molar-refractivity contribution in [3.8, 4) is 0 Å². The van der Waals surface area contributed by atoms with Gasteiger partial charge in [0, 0.05) is 44.6 Å². The average molecular weight is 306 g/mol. The molecule has 1 fully saturated rings. The van der Waals surface area contributed by atoms with Gasteiger partial charge in [-0.3, -0.25) is 9.88 Å². The first-order chi connectivity index (χ1) is 8.27. The van der Waals surface area contributed by atoms with Gasteiger partial charge < -0.3 is 5.32 Å². The second kappa shape index (κ2) is 9.54. The largest absolute Gasteiger partial charge is 0.314 e. The van der Waals surface area contributed by atoms with E-state index in [1.165, 1.54) is 12.0 Å². The third-order valence-corrected chi connectivity index (χ3v) is 3.38. The van der Waals surface area contributed by atoms with Crippen LogP contribution in [0.3, 0.4) is 0 Å². The Morgan fingerprint density at radius 1 is 1.16 bits per heavy atom. The Morgan fingerprint density at radius 3 is 2.26 bits per heavy atom. The van der Waals surface area contributed by atoms with Crippen molar-refractivity contribution in [3.05, 3.63) is 30.1 Å². The Hall–Kier alpha value is -0.350. The molecule has 0 amide bonds. The van der Waals surface area contributed by atoms with Crippen LogP contribution >= 0.6 is 24.8 Å². The van der Waals surface area contributed by atoms with Crippen LogP contribution in [0.15, 0.2) is 24.5 Å². The summed E-state index contributed by atoms with van der Waals surface area (Å²) in [6.45, 7) is 9.13. The molecule has 1 aromatic rings. The van der Waals surface area contributed by atoms with E-state index >= 15 is 0 Å². The van der Waals surface area contributed by atoms with E-state index < -0.39 is 0 Å². The third kappa shape index (κ3) is 5.65. The van der Waals surface area contributed by atoms with E-state index in [4.69, 9.17) is 0 Å². The van der Waals surface area contributed by atoms with Gasteiger partial charge in [0.05, 0.1) is 0 Å². The van der Waals surface area contributed by atoms with Crippen molar-refractivity contribution in [3.63, 3.8) is 0 Å². The summed E-state index contributed by atoms with van der Waals surface area (Å²) in [5.41, 5.74) is 1.41. The Kier molecular flexibility index (Phi) is 9.36. The third-order valence-electron chi connectivity index (χ3n) is 3.38. The molecule has 2 rings (SSSR count). The van der Waals surface area contributed by atoms with Crippen LogP contribution in [0, 0.1) is 5.92 Å². The van der Waals surface area contributed by atoms with Gasteiger partial charge in [0.25, 0.3) is 0 Å². The minimum Gasteiger partial charge on any atom is -0.314 e. The van der Waals surface area contributed by atoms with E-state index in [9.17, 15) is 0 Å². The minimum absolute atomic E-state index is 0. The first-order valence-electron chi connectivity index (χ1n) is 6.62. The van der Waals surface area contributed by atoms with E-state index in [-0.39, 0.29) is 24.8 Å². The Balaban J connectivity index is 0.00000162. The number of aromatic nitrogens is 1. The molecule has 5 heteroatoms. The van der Waals surface area contributed by atoms with Gasteiger partial charge in [0.15, 0.2) is 0 Å². The van der Waals surface area contributed by atoms with Gasteiger partial charge in [-0.2, -0.15) is 0 Å². The topological polar surface area (TPSA) is 28.2 Å². The van der Waals surface area contributed by atoms with Gasteiger partial charge in [0.1, 0.15) is 0 Å². The first-order valence-corrected chi connectivity index (χ1v) is 6.62. The molecule has 2 heterocycles. The standard InChI is InChI=1S/C14H23N3.2ClH/c1-12(2)11-14(13-3-5-15-6-4-13)17-9-7-16-8-10-17;;/h3-6,12,14,16H,7-11H2,1-2H3;2*1H/t14-;;/m1../s1. The smallest absolute Gasteiger partial charge is 0.0352 e. The van der Waals surface area contributed by atoms with Gasteiger partial charge in [-0.15, -0.1) is 24.8 Å². The number of pyridine rings is 1. The molecule has 0 saturated carbocycles. The molecule has 0 radical (unpaired) electrons. The highest BCUT2D eigenvalue weighted by atomic mass is 35.5. The van der Waals surface area contributed by atoms with E-state index in [0.29, 0.717) is 6.04 Å². The van der Waals surface area contributed by atoms with Crippen LogP contribution in [0.2, 0.25) is 0 Å². The predicted octanol–water partition coefficient (Wildman–Crippen LogP) is 2.92. The number of rotatable bonds is 4. The second-order valence-electron chi connectivity index (χ2n) is 5.21. The quantitative estimate of drug-likeness (QED) is 0.927. The van der Waals surface area contributed by atoms with E-state index in [2.05, 4.69) is 41.2 Å². The lowest BCUT2D eigenvalue weighted by Crippen LogP contribution is -2.45. The van der Waals surface area contributed by atoms with Crippen molar-refractivity contribution >= 4 is 24.8 Å². The number of hydrogen-bond acceptors (Lipinski definition) is 3. The van der Waals surface area contributed by atoms with Gasteiger partial charge in [-0.1, -0.05) is 13.8 Å². The average Bonchev–Trinajstić information content (AvgIpc) is 2.38. The molecule has 3 nitrogen and oxygen atoms in total. The summed E-state index contributed by atoms with van der Waals surface area (Å²) in [7, 11) is 0. The summed E-state index contributed by atoms with van der Waals surface area (Å²) in [4.78, 5) is 6.72. The summed E-state index contributed by atoms with van der Waals surface area (Å²) in [5, 5.41) is 3.42. The normalized spacial score (nSPS) is 17.4. The summed E-state index contributed by atoms with van der Waals surface area (Å²) in [5.74, 6) is 0.725. The number of piperazine rings is 1. The summed E-state index contributed by atoms with van der Waals surface area (Å²) < 4.78 is 0. The van der Waals surface area contributed by atoms with Crippen molar-refractivity contribution in [2.24, 2.45) is 5.92 Å². The molecule has 19 heavy (non-hydrogen) atoms. The molecular formula is C14H25Cl2N3. The van der Waals surface area contributed by atoms with Gasteiger partial charge in [-0.05, 0) is 30.0 Å². The highest BCUT2D eigenvalue weighted by molar-refractivity contribution is 5.85. The van der Waals surface area contributed by atoms with Crippen LogP contribution in [0.4, 0.5) is 0 Å². The second-order valence-corrected chi connectivity index (χ2v) is 5.21. The molecule has 1 saturated heterocycles. The van der Waals surface area contributed by atoms with E-state index in [1.807, 2.05) is 12.4 Å². The van der Waals surface area contributed by atoms with Crippen molar-refractivity contribution in [2.75, 3.05) is 26.2 Å². The van der Waals surface area contributed by atoms with Crippen molar-refractivity contribution in [1.82, 2.24) is 15.2 Å². The van der Waals surface area contributed by atoms with Crippen molar-refractivity contribution in [1.29, 1.82) is 0 Å². The molecule has 0 aromatic carbocycles. The highest BCUT2D eigenvalue weighted by Gasteiger charge is 2.22. The summed E-state index contributed by atoms with van der Waals surface area (Å²) >= 11 is 0. The molecule has 1 N–H and O–H groups in total. The molecule has 0 bridgehead atoms. The van der Waals surface area contributed by atoms with Crippen LogP contribution < -0.4 is 5.32 Å². The van der Waals surface area contributed by atoms with Crippen molar-refractivity contribution < 1.29 is 0 Å². The van der Waals surface area contributed by atoms with Gasteiger partial charge >= 0.3 is 0 Å². The molecule has 0 aliphatic carbocycles. The fourth-order valence-electron chi connectivity index (χ4n) is 2.52. The zero-order valence-electron chi connectivity index (χ0n) is 11.7. The van der Waals surface area contributed by atoms with Crippen LogP contribution in [0.1, 0.15) is 31.9 Å². The lowest BCUT2D eigenvalue weighted by molar-refractivity contribution is 0.154. The number of nitrogens with zero attached hydrogens (tertiary/aromatic N) is 2. The zero-order valence-corrected chi connectivity index (χ0v) is 13.3. The molecule has 1 atom stereocenters. The molecule has 1 aliphatic rings. The highest BCUT2D eigenvalue weighted by Crippen LogP contribution is 2.27. The van der Waals surface area contributed by atoms with Crippen LogP contribution in [0.25, 0.3) is 0 Å². The Bertz CT molecular complexity index is 327. The SMILES string of the molecule is CC(C)C[C@H](c1ccncc1)N1CCNCC1.Cl.Cl. The van der Waals surface area contributed by atoms with E-state index in [1.54, 1.807) is 0 Å². The molecule has 110 valence electrons. The van der Waals surface area contributed by atoms with Crippen LogP contribution in [-0.4, -0.2) is 36.1 Å². The first kappa shape index (κ1) is 18.7. The minimum atomic E-state index is 0. The lowest BCUT2D eigenvalue weighted by Gasteiger charge is -2.36. The van der Waals surface area contributed by atoms with Crippen LogP contribution in [0.5, 0.6) is 0 Å². The predicted molar refractivity (Wildman–Crippen MR) is 85.4 cm³/mol. The van der Waals surface area contributed by atoms with E-state index in [0.717, 1.165) is 32.1 Å². The Morgan fingerprint density at radius 2 is 1.74 bits per heavy atom. The zero-order chi connectivity index (χ0) is 12.1. The maximum atomic E-state index is 4.12. The lowest BCUT2D eigenvalue weighted by atomic mass is 9.96. The molecule has 1 aliphatic heterocycles. The summed E-state index contributed by atoms with van der Waals surface area (Å²) in [6.07, 6.45) is 5.04. The Labute approximate surface area is 129 Å². The number of halogens is 2. The molecule has 1 aromatic heterocycles. The van der Waals surface area contributed by atoms with Crippen LogP contribution in [-0.2, 0) is 0 Å². The monoisotopic (exact) mass is 305 g/mol. The summed E-state index contributed by atoms with van der Waals surface area (Å²) in [6, 6.07) is 4.88. The van der Waals surface area contributed by atoms with Gasteiger partial charge in [-0.25, -0.2) is 0 Å². The molecule has 0 unspecified atom stereocenters. The van der Waals surface area contributed by atoms with Gasteiger partial charge in [0.2, 0.25) is 0 Å². The fourth-order valence-corrected chi connectivity index (χ4v) is 2.52. The number of nitrogens with one attached hydrogen (secondary N) is 1. The number of hydrogen-bond donors (Lipinski definition) is 1. The van der Waals surface area contributed by atoms with Crippen molar-refractivity contribution in [2.45, 2.75) is 26.3 Å². The molecule has 0 spiro atoms. The molecular weight excluding hydrogens is 281 g/mol.